The average Bonchev–Trinajstić information content (AvgIpc) is 2.22. The zero-order valence-electron chi connectivity index (χ0n) is 5.86. The highest BCUT2D eigenvalue weighted by Gasteiger charge is 2.47. The Kier molecular flexibility index (Phi) is 1.11. The van der Waals surface area contributed by atoms with E-state index in [0.717, 1.165) is 5.92 Å². The van der Waals surface area contributed by atoms with Crippen molar-refractivity contribution in [3.8, 4) is 0 Å². The van der Waals surface area contributed by atoms with Crippen LogP contribution in [0.4, 0.5) is 0 Å². The molecule has 2 aliphatic carbocycles. The van der Waals surface area contributed by atoms with E-state index in [1.54, 1.807) is 0 Å². The van der Waals surface area contributed by atoms with Gasteiger partial charge in [-0.15, -0.1) is 11.6 Å². The molecule has 2 aliphatic rings. The molecular weight excluding hydrogens is 132 g/mol. The summed E-state index contributed by atoms with van der Waals surface area (Å²) in [4.78, 5) is 0. The van der Waals surface area contributed by atoms with E-state index in [2.05, 4.69) is 6.92 Å². The van der Waals surface area contributed by atoms with Gasteiger partial charge in [-0.3, -0.25) is 0 Å². The zero-order chi connectivity index (χ0) is 6.48. The van der Waals surface area contributed by atoms with Gasteiger partial charge in [-0.25, -0.2) is 0 Å². The second kappa shape index (κ2) is 1.66. The second-order valence-corrected chi connectivity index (χ2v) is 4.49. The largest absolute Gasteiger partial charge is 0.122 e. The van der Waals surface area contributed by atoms with Crippen molar-refractivity contribution < 1.29 is 0 Å². The molecule has 2 saturated carbocycles. The molecule has 9 heavy (non-hydrogen) atoms. The number of fused-ring (bicyclic) bond motifs is 2. The summed E-state index contributed by atoms with van der Waals surface area (Å²) >= 11 is 6.15. The maximum atomic E-state index is 6.15. The van der Waals surface area contributed by atoms with Crippen molar-refractivity contribution in [3.63, 3.8) is 0 Å². The van der Waals surface area contributed by atoms with Gasteiger partial charge in [0.05, 0.1) is 0 Å². The van der Waals surface area contributed by atoms with Crippen molar-refractivity contribution >= 4 is 11.6 Å². The molecule has 0 unspecified atom stereocenters. The maximum absolute atomic E-state index is 6.15. The van der Waals surface area contributed by atoms with Crippen LogP contribution in [0.25, 0.3) is 0 Å². The summed E-state index contributed by atoms with van der Waals surface area (Å²) in [5, 5.41) is 0.497. The van der Waals surface area contributed by atoms with Gasteiger partial charge in [-0.2, -0.15) is 0 Å². The number of hydrogen-bond acceptors (Lipinski definition) is 0. The molecule has 3 atom stereocenters. The fraction of sp³-hybridized carbons (Fsp3) is 1.00. The molecule has 0 radical (unpaired) electrons. The molecule has 2 fully saturated rings. The minimum atomic E-state index is 0.497. The molecule has 0 heterocycles. The van der Waals surface area contributed by atoms with E-state index in [-0.39, 0.29) is 0 Å². The van der Waals surface area contributed by atoms with E-state index < -0.39 is 0 Å². The minimum absolute atomic E-state index is 0.497. The van der Waals surface area contributed by atoms with Gasteiger partial charge in [-0.05, 0) is 37.0 Å². The summed E-state index contributed by atoms with van der Waals surface area (Å²) < 4.78 is 0. The monoisotopic (exact) mass is 144 g/mol. The smallest absolute Gasteiger partial charge is 0.0392 e. The quantitative estimate of drug-likeness (QED) is 0.459. The first-order valence-electron chi connectivity index (χ1n) is 3.85. The lowest BCUT2D eigenvalue weighted by Gasteiger charge is -2.25. The third kappa shape index (κ3) is 0.724. The Labute approximate surface area is 61.6 Å². The Hall–Kier alpha value is 0.290. The topological polar surface area (TPSA) is 0 Å². The Morgan fingerprint density at radius 2 is 2.33 bits per heavy atom. The molecule has 52 valence electrons. The van der Waals surface area contributed by atoms with Crippen LogP contribution in [-0.4, -0.2) is 5.38 Å². The Bertz CT molecular complexity index is 133. The summed E-state index contributed by atoms with van der Waals surface area (Å²) in [6.07, 6.45) is 5.52. The van der Waals surface area contributed by atoms with Gasteiger partial charge in [-0.1, -0.05) is 6.92 Å². The molecule has 0 aliphatic heterocycles. The van der Waals surface area contributed by atoms with Gasteiger partial charge in [0.1, 0.15) is 0 Å². The van der Waals surface area contributed by atoms with Gasteiger partial charge in [0.2, 0.25) is 0 Å². The van der Waals surface area contributed by atoms with Crippen LogP contribution in [-0.2, 0) is 0 Å². The van der Waals surface area contributed by atoms with E-state index in [1.165, 1.54) is 25.7 Å². The standard InChI is InChI=1S/C8H13Cl/c1-8-3-2-6(5-8)4-7(8)9/h6-7H,2-5H2,1H3/t6-,7+,8-/m1/s1. The lowest BCUT2D eigenvalue weighted by Crippen LogP contribution is -2.21. The summed E-state index contributed by atoms with van der Waals surface area (Å²) in [6, 6.07) is 0. The van der Waals surface area contributed by atoms with Crippen LogP contribution in [0.1, 0.15) is 32.6 Å². The second-order valence-electron chi connectivity index (χ2n) is 3.97. The number of alkyl halides is 1. The lowest BCUT2D eigenvalue weighted by atomic mass is 9.86. The predicted molar refractivity (Wildman–Crippen MR) is 39.7 cm³/mol. The Morgan fingerprint density at radius 1 is 1.56 bits per heavy atom. The minimum Gasteiger partial charge on any atom is -0.122 e. The van der Waals surface area contributed by atoms with Gasteiger partial charge in [0, 0.05) is 5.38 Å². The summed E-state index contributed by atoms with van der Waals surface area (Å²) in [7, 11) is 0. The van der Waals surface area contributed by atoms with Crippen LogP contribution < -0.4 is 0 Å². The van der Waals surface area contributed by atoms with E-state index in [9.17, 15) is 0 Å². The molecular formula is C8H13Cl. The molecule has 0 N–H and O–H groups in total. The molecule has 2 rings (SSSR count). The van der Waals surface area contributed by atoms with Gasteiger partial charge in [0.15, 0.2) is 0 Å². The molecule has 0 saturated heterocycles. The number of hydrogen-bond donors (Lipinski definition) is 0. The van der Waals surface area contributed by atoms with E-state index in [0.29, 0.717) is 10.8 Å². The van der Waals surface area contributed by atoms with Gasteiger partial charge < -0.3 is 0 Å². The number of rotatable bonds is 0. The third-order valence-corrected chi connectivity index (χ3v) is 3.88. The highest BCUT2D eigenvalue weighted by atomic mass is 35.5. The normalized spacial score (nSPS) is 56.7. The summed E-state index contributed by atoms with van der Waals surface area (Å²) in [5.41, 5.74) is 0.534. The average molecular weight is 145 g/mol. The third-order valence-electron chi connectivity index (χ3n) is 3.18. The van der Waals surface area contributed by atoms with Crippen molar-refractivity contribution in [1.29, 1.82) is 0 Å². The van der Waals surface area contributed by atoms with Crippen molar-refractivity contribution in [1.82, 2.24) is 0 Å². The first-order chi connectivity index (χ1) is 4.21. The molecule has 0 aromatic rings. The first-order valence-corrected chi connectivity index (χ1v) is 4.28. The van der Waals surface area contributed by atoms with Crippen LogP contribution >= 0.6 is 11.6 Å². The summed E-state index contributed by atoms with van der Waals surface area (Å²) in [5.74, 6) is 0.984. The van der Waals surface area contributed by atoms with E-state index in [4.69, 9.17) is 11.6 Å². The summed E-state index contributed by atoms with van der Waals surface area (Å²) in [6.45, 7) is 2.34. The van der Waals surface area contributed by atoms with Crippen molar-refractivity contribution in [3.05, 3.63) is 0 Å². The first kappa shape index (κ1) is 6.03. The highest BCUT2D eigenvalue weighted by Crippen LogP contribution is 2.55. The highest BCUT2D eigenvalue weighted by molar-refractivity contribution is 6.21. The zero-order valence-corrected chi connectivity index (χ0v) is 6.62. The molecule has 0 spiro atoms. The van der Waals surface area contributed by atoms with Crippen LogP contribution in [0.2, 0.25) is 0 Å². The van der Waals surface area contributed by atoms with Gasteiger partial charge in [0.25, 0.3) is 0 Å². The van der Waals surface area contributed by atoms with Crippen molar-refractivity contribution in [2.75, 3.05) is 0 Å². The Morgan fingerprint density at radius 3 is 2.56 bits per heavy atom. The molecule has 0 aromatic heterocycles. The lowest BCUT2D eigenvalue weighted by molar-refractivity contribution is 0.340. The Balaban J connectivity index is 2.22. The fourth-order valence-electron chi connectivity index (χ4n) is 2.46. The van der Waals surface area contributed by atoms with Crippen LogP contribution in [0.15, 0.2) is 0 Å². The van der Waals surface area contributed by atoms with Crippen LogP contribution in [0, 0.1) is 11.3 Å². The SMILES string of the molecule is C[C@]12CC[C@H](C[C@@H]1Cl)C2. The van der Waals surface area contributed by atoms with Crippen molar-refractivity contribution in [2.45, 2.75) is 38.0 Å². The van der Waals surface area contributed by atoms with Crippen molar-refractivity contribution in [2.24, 2.45) is 11.3 Å². The number of halogens is 1. The molecule has 2 bridgehead atoms. The molecule has 1 heteroatoms. The van der Waals surface area contributed by atoms with E-state index >= 15 is 0 Å². The molecule has 0 aromatic carbocycles. The molecule has 0 nitrogen and oxygen atoms in total. The van der Waals surface area contributed by atoms with E-state index in [1.807, 2.05) is 0 Å². The predicted octanol–water partition coefficient (Wildman–Crippen LogP) is 2.80. The van der Waals surface area contributed by atoms with Gasteiger partial charge >= 0.3 is 0 Å². The van der Waals surface area contributed by atoms with Crippen LogP contribution in [0.5, 0.6) is 0 Å². The van der Waals surface area contributed by atoms with Crippen LogP contribution in [0.3, 0.4) is 0 Å². The fourth-order valence-corrected chi connectivity index (χ4v) is 2.91. The molecule has 0 amide bonds. The maximum Gasteiger partial charge on any atom is 0.0392 e.